The Morgan fingerprint density at radius 2 is 0.821 bits per heavy atom. The first kappa shape index (κ1) is 51.8. The van der Waals surface area contributed by atoms with Crippen LogP contribution in [0.3, 0.4) is 0 Å². The van der Waals surface area contributed by atoms with E-state index >= 15 is 0 Å². The van der Waals surface area contributed by atoms with Crippen LogP contribution in [0.25, 0.3) is 0 Å². The van der Waals surface area contributed by atoms with Crippen LogP contribution in [-0.2, 0) is 38.4 Å². The zero-order valence-electron chi connectivity index (χ0n) is 35.9. The maximum atomic E-state index is 14.0. The van der Waals surface area contributed by atoms with E-state index < -0.39 is 23.8 Å². The molecule has 322 valence electrons. The zero-order chi connectivity index (χ0) is 42.8. The number of nitrogens with zero attached hydrogens (tertiary/aromatic N) is 2. The minimum Gasteiger partial charge on any atom is -0.356 e. The van der Waals surface area contributed by atoms with Gasteiger partial charge in [0.25, 0.3) is 0 Å². The predicted octanol–water partition coefficient (Wildman–Crippen LogP) is 1.72. The van der Waals surface area contributed by atoms with Gasteiger partial charge in [-0.25, -0.2) is 0 Å². The maximum Gasteiger partial charge on any atom is 0.245 e. The van der Waals surface area contributed by atoms with E-state index in [2.05, 4.69) is 31.9 Å². The van der Waals surface area contributed by atoms with Crippen LogP contribution >= 0.6 is 0 Å². The summed E-state index contributed by atoms with van der Waals surface area (Å²) in [5.41, 5.74) is 0. The Hall–Kier alpha value is -4.24. The van der Waals surface area contributed by atoms with Crippen molar-refractivity contribution in [2.45, 2.75) is 120 Å². The van der Waals surface area contributed by atoms with Crippen LogP contribution in [0.2, 0.25) is 0 Å². The molecule has 1 atom stereocenters. The van der Waals surface area contributed by atoms with E-state index in [1.165, 1.54) is 4.90 Å². The summed E-state index contributed by atoms with van der Waals surface area (Å²) in [4.78, 5) is 104. The van der Waals surface area contributed by atoms with Crippen molar-refractivity contribution < 1.29 is 38.4 Å². The quantitative estimate of drug-likeness (QED) is 0.0612. The van der Waals surface area contributed by atoms with Gasteiger partial charge < -0.3 is 41.7 Å². The largest absolute Gasteiger partial charge is 0.356 e. The average Bonchev–Trinajstić information content (AvgIpc) is 3.13. The van der Waals surface area contributed by atoms with Gasteiger partial charge in [-0.05, 0) is 31.6 Å². The SMILES string of the molecule is CC(C)CCC(=O)N(CCNC(=O)CCC(=O)NC(CCCCNC(=O)C(C)C)C(=O)N(CCNC(=O)C(C)C)CCNC(=O)C(C)C)CCNC(=O)C(C)C. The zero-order valence-corrected chi connectivity index (χ0v) is 35.9. The summed E-state index contributed by atoms with van der Waals surface area (Å²) in [5.74, 6) is -2.37. The molecule has 16 nitrogen and oxygen atoms in total. The van der Waals surface area contributed by atoms with Gasteiger partial charge in [-0.1, -0.05) is 69.2 Å². The van der Waals surface area contributed by atoms with Crippen LogP contribution in [0.4, 0.5) is 0 Å². The lowest BCUT2D eigenvalue weighted by Crippen LogP contribution is -2.52. The molecule has 1 unspecified atom stereocenters. The van der Waals surface area contributed by atoms with Crippen molar-refractivity contribution in [1.29, 1.82) is 0 Å². The van der Waals surface area contributed by atoms with Crippen LogP contribution in [0, 0.1) is 29.6 Å². The number of hydrogen-bond acceptors (Lipinski definition) is 8. The third kappa shape index (κ3) is 24.3. The van der Waals surface area contributed by atoms with Crippen LogP contribution in [0.1, 0.15) is 114 Å². The van der Waals surface area contributed by atoms with E-state index in [0.29, 0.717) is 51.2 Å². The third-order valence-electron chi connectivity index (χ3n) is 8.88. The summed E-state index contributed by atoms with van der Waals surface area (Å²) in [6.07, 6.45) is 2.07. The molecular weight excluding hydrogens is 720 g/mol. The molecule has 0 aliphatic carbocycles. The fraction of sp³-hybridized carbons (Fsp3) is 0.800. The molecule has 0 rings (SSSR count). The van der Waals surface area contributed by atoms with Crippen molar-refractivity contribution >= 4 is 47.3 Å². The Bertz CT molecular complexity index is 1230. The fourth-order valence-electron chi connectivity index (χ4n) is 5.10. The summed E-state index contributed by atoms with van der Waals surface area (Å²) >= 11 is 0. The van der Waals surface area contributed by atoms with Crippen LogP contribution in [-0.4, -0.2) is 122 Å². The highest BCUT2D eigenvalue weighted by Gasteiger charge is 2.26. The Kier molecular flexibility index (Phi) is 26.9. The van der Waals surface area contributed by atoms with Crippen molar-refractivity contribution in [3.8, 4) is 0 Å². The summed E-state index contributed by atoms with van der Waals surface area (Å²) < 4.78 is 0. The van der Waals surface area contributed by atoms with Crippen LogP contribution in [0.15, 0.2) is 0 Å². The minimum atomic E-state index is -0.949. The van der Waals surface area contributed by atoms with Crippen molar-refractivity contribution in [1.82, 2.24) is 41.7 Å². The first-order valence-electron chi connectivity index (χ1n) is 20.5. The molecule has 0 bridgehead atoms. The molecule has 8 amide bonds. The van der Waals surface area contributed by atoms with E-state index in [-0.39, 0.29) is 112 Å². The molecule has 0 fully saturated rings. The van der Waals surface area contributed by atoms with Crippen molar-refractivity contribution in [2.24, 2.45) is 29.6 Å². The topological polar surface area (TPSA) is 215 Å². The molecule has 0 radical (unpaired) electrons. The lowest BCUT2D eigenvalue weighted by atomic mass is 10.1. The van der Waals surface area contributed by atoms with E-state index in [1.54, 1.807) is 60.3 Å². The van der Waals surface area contributed by atoms with Gasteiger partial charge in [0.2, 0.25) is 47.3 Å². The van der Waals surface area contributed by atoms with E-state index in [1.807, 2.05) is 13.8 Å². The smallest absolute Gasteiger partial charge is 0.245 e. The van der Waals surface area contributed by atoms with Crippen molar-refractivity contribution in [2.75, 3.05) is 58.9 Å². The maximum absolute atomic E-state index is 14.0. The molecule has 0 aliphatic heterocycles. The van der Waals surface area contributed by atoms with Gasteiger partial charge >= 0.3 is 0 Å². The number of rotatable bonds is 29. The standard InChI is InChI=1S/C40H74N8O8/c1-27(2)14-17-35(51)47(24-20-43-37(53)29(5)6)23-19-41-33(49)15-16-34(50)46-32(13-11-12-18-42-36(52)28(3)4)40(56)48(25-21-44-38(54)30(7)8)26-22-45-39(55)31(9)10/h27-32H,11-26H2,1-10H3,(H,41,49)(H,42,52)(H,43,53)(H,44,54)(H,45,55)(H,46,50). The van der Waals surface area contributed by atoms with Gasteiger partial charge in [0.15, 0.2) is 0 Å². The second kappa shape index (κ2) is 29.1. The molecule has 0 saturated carbocycles. The molecule has 0 aromatic rings. The number of unbranched alkanes of at least 4 members (excludes halogenated alkanes) is 1. The molecule has 0 heterocycles. The summed E-state index contributed by atoms with van der Waals surface area (Å²) in [5, 5.41) is 16.8. The fourth-order valence-corrected chi connectivity index (χ4v) is 5.10. The van der Waals surface area contributed by atoms with Gasteiger partial charge in [0.1, 0.15) is 6.04 Å². The van der Waals surface area contributed by atoms with Gasteiger partial charge in [0, 0.05) is 102 Å². The summed E-state index contributed by atoms with van der Waals surface area (Å²) in [6.45, 7) is 20.3. The van der Waals surface area contributed by atoms with Gasteiger partial charge in [-0.3, -0.25) is 38.4 Å². The highest BCUT2D eigenvalue weighted by Crippen LogP contribution is 2.09. The lowest BCUT2D eigenvalue weighted by Gasteiger charge is -2.28. The summed E-state index contributed by atoms with van der Waals surface area (Å²) in [7, 11) is 0. The molecule has 56 heavy (non-hydrogen) atoms. The summed E-state index contributed by atoms with van der Waals surface area (Å²) in [6, 6.07) is -0.949. The monoisotopic (exact) mass is 795 g/mol. The second-order valence-corrected chi connectivity index (χ2v) is 15.9. The van der Waals surface area contributed by atoms with Crippen molar-refractivity contribution in [3.05, 3.63) is 0 Å². The second-order valence-electron chi connectivity index (χ2n) is 15.9. The molecule has 0 aromatic carbocycles. The normalized spacial score (nSPS) is 11.7. The average molecular weight is 795 g/mol. The van der Waals surface area contributed by atoms with Gasteiger partial charge in [-0.2, -0.15) is 0 Å². The van der Waals surface area contributed by atoms with Crippen LogP contribution < -0.4 is 31.9 Å². The van der Waals surface area contributed by atoms with E-state index in [0.717, 1.165) is 0 Å². The minimum absolute atomic E-state index is 0.0669. The Morgan fingerprint density at radius 3 is 1.25 bits per heavy atom. The van der Waals surface area contributed by atoms with Gasteiger partial charge in [0.05, 0.1) is 0 Å². The number of amides is 8. The predicted molar refractivity (Wildman–Crippen MR) is 217 cm³/mol. The van der Waals surface area contributed by atoms with Gasteiger partial charge in [-0.15, -0.1) is 0 Å². The first-order valence-corrected chi connectivity index (χ1v) is 20.5. The Morgan fingerprint density at radius 1 is 0.429 bits per heavy atom. The van der Waals surface area contributed by atoms with E-state index in [4.69, 9.17) is 0 Å². The highest BCUT2D eigenvalue weighted by molar-refractivity contribution is 5.89. The highest BCUT2D eigenvalue weighted by atomic mass is 16.2. The number of carbonyl (C=O) groups is 8. The molecule has 0 aromatic heterocycles. The molecular formula is C40H74N8O8. The Balaban J connectivity index is 5.59. The number of nitrogens with one attached hydrogen (secondary N) is 6. The molecule has 6 N–H and O–H groups in total. The molecule has 16 heteroatoms. The number of carbonyl (C=O) groups excluding carboxylic acids is 8. The lowest BCUT2D eigenvalue weighted by molar-refractivity contribution is -0.137. The first-order chi connectivity index (χ1) is 26.3. The molecule has 0 aliphatic rings. The molecule has 0 saturated heterocycles. The third-order valence-corrected chi connectivity index (χ3v) is 8.88. The van der Waals surface area contributed by atoms with Crippen molar-refractivity contribution in [3.63, 3.8) is 0 Å². The number of hydrogen-bond donors (Lipinski definition) is 6. The Labute approximate surface area is 335 Å². The van der Waals surface area contributed by atoms with Crippen LogP contribution in [0.5, 0.6) is 0 Å². The van der Waals surface area contributed by atoms with E-state index in [9.17, 15) is 38.4 Å². The molecule has 0 spiro atoms.